The van der Waals surface area contributed by atoms with Crippen molar-refractivity contribution in [3.05, 3.63) is 75.1 Å². The molecule has 79 heavy (non-hydrogen) atoms. The number of carbonyl (C=O) groups excluding carboxylic acids is 4. The van der Waals surface area contributed by atoms with Crippen LogP contribution in [0.3, 0.4) is 0 Å². The molecule has 0 saturated carbocycles. The van der Waals surface area contributed by atoms with Crippen molar-refractivity contribution < 1.29 is 42.3 Å². The number of ether oxygens (including phenoxy) is 3. The van der Waals surface area contributed by atoms with Gasteiger partial charge in [0.05, 0.1) is 52.5 Å². The predicted molar refractivity (Wildman–Crippen MR) is 290 cm³/mol. The molecule has 0 unspecified atom stereocenters. The molecule has 0 spiro atoms. The topological polar surface area (TPSA) is 276 Å². The van der Waals surface area contributed by atoms with Crippen molar-refractivity contribution in [1.29, 1.82) is 5.26 Å². The van der Waals surface area contributed by atoms with Gasteiger partial charge in [-0.3, -0.25) is 19.2 Å². The lowest BCUT2D eigenvalue weighted by atomic mass is 9.72. The number of hydrogen-bond acceptors (Lipinski definition) is 21. The summed E-state index contributed by atoms with van der Waals surface area (Å²) in [6, 6.07) is 4.44. The van der Waals surface area contributed by atoms with Gasteiger partial charge in [0.1, 0.15) is 35.0 Å². The molecular formula is C54H65FN14O8S2. The minimum absolute atomic E-state index is 0.0110. The molecule has 6 atom stereocenters. The zero-order valence-electron chi connectivity index (χ0n) is 45.5. The molecule has 2 fully saturated rings. The van der Waals surface area contributed by atoms with E-state index in [0.29, 0.717) is 51.1 Å². The number of nitrogens with two attached hydrogens (primary N) is 1. The Morgan fingerprint density at radius 3 is 2.61 bits per heavy atom. The van der Waals surface area contributed by atoms with Gasteiger partial charge >= 0.3 is 11.9 Å². The van der Waals surface area contributed by atoms with Crippen LogP contribution in [0.15, 0.2) is 40.6 Å². The van der Waals surface area contributed by atoms with Crippen LogP contribution in [-0.2, 0) is 35.8 Å². The third-order valence-corrected chi connectivity index (χ3v) is 16.9. The standard InChI is InChI=1S/C54H65FN14O8S2/c1-29(2)45(51(73)68-26-35(75-33(6)70)23-40(68)50(72)60-31(4)36-14-15-37(47-32(5)59-28-78-47)44(55)46(36)76-34(7)71)69-27-42(63-65-69)74-22-10-9-19-66-20-12-21-67(30(3)25-66)53-58-18-16-39(61-53)49-62-52(77-64-49)54(8)17-11-13-41-43(54)38(24-56)48(57)79-41/h14-16,18,27-31,35,40,45H,9-13,17,19-23,25-26,57H2,1-8H3,(H,60,72)/t30-,31-,35+,40-,45-,54-/m0/s1. The summed E-state index contributed by atoms with van der Waals surface area (Å²) in [5.74, 6) is -2.13. The second-order valence-electron chi connectivity index (χ2n) is 21.0. The number of carbonyl (C=O) groups is 4. The number of esters is 2. The summed E-state index contributed by atoms with van der Waals surface area (Å²) in [6.07, 6.45) is 7.53. The van der Waals surface area contributed by atoms with Crippen molar-refractivity contribution in [1.82, 2.24) is 55.2 Å². The van der Waals surface area contributed by atoms with Crippen molar-refractivity contribution in [3.63, 3.8) is 0 Å². The third kappa shape index (κ3) is 12.0. The van der Waals surface area contributed by atoms with Crippen molar-refractivity contribution in [3.8, 4) is 39.7 Å². The lowest BCUT2D eigenvalue weighted by molar-refractivity contribution is -0.147. The Balaban J connectivity index is 0.787. The van der Waals surface area contributed by atoms with Gasteiger partial charge in [-0.2, -0.15) is 10.2 Å². The number of fused-ring (bicyclic) bond motifs is 1. The van der Waals surface area contributed by atoms with Gasteiger partial charge in [0.15, 0.2) is 11.6 Å². The van der Waals surface area contributed by atoms with Crippen molar-refractivity contribution >= 4 is 57.4 Å². The molecule has 1 aliphatic carbocycles. The Bertz CT molecular complexity index is 3260. The van der Waals surface area contributed by atoms with Gasteiger partial charge in [-0.25, -0.2) is 24.0 Å². The molecule has 7 heterocycles. The highest BCUT2D eigenvalue weighted by Crippen LogP contribution is 2.49. The van der Waals surface area contributed by atoms with Gasteiger partial charge in [-0.05, 0) is 97.4 Å². The molecule has 1 aromatic carbocycles. The lowest BCUT2D eigenvalue weighted by Gasteiger charge is -2.30. The number of halogens is 1. The number of anilines is 2. The van der Waals surface area contributed by atoms with Crippen LogP contribution in [0.2, 0.25) is 0 Å². The molecule has 22 nitrogen and oxygen atoms in total. The molecule has 9 rings (SSSR count). The average Bonchev–Trinajstić information content (AvgIpc) is 4.27. The van der Waals surface area contributed by atoms with E-state index in [9.17, 15) is 24.4 Å². The van der Waals surface area contributed by atoms with Crippen molar-refractivity contribution in [2.75, 3.05) is 50.0 Å². The summed E-state index contributed by atoms with van der Waals surface area (Å²) < 4.78 is 40.4. The predicted octanol–water partition coefficient (Wildman–Crippen LogP) is 7.14. The molecule has 3 aliphatic rings. The first-order valence-electron chi connectivity index (χ1n) is 26.6. The maximum atomic E-state index is 16.1. The Labute approximate surface area is 464 Å². The quantitative estimate of drug-likeness (QED) is 0.0491. The molecule has 2 saturated heterocycles. The summed E-state index contributed by atoms with van der Waals surface area (Å²) in [5, 5.41) is 26.2. The Morgan fingerprint density at radius 1 is 1.06 bits per heavy atom. The molecule has 25 heteroatoms. The molecule has 2 amide bonds. The van der Waals surface area contributed by atoms with Gasteiger partial charge in [0.2, 0.25) is 29.5 Å². The van der Waals surface area contributed by atoms with Crippen LogP contribution in [0.5, 0.6) is 11.6 Å². The smallest absolute Gasteiger partial charge is 0.308 e. The number of nitrogens with zero attached hydrogens (tertiary/aromatic N) is 12. The first kappa shape index (κ1) is 56.3. The number of nitriles is 1. The number of amides is 2. The lowest BCUT2D eigenvalue weighted by Crippen LogP contribution is -2.49. The van der Waals surface area contributed by atoms with E-state index in [1.165, 1.54) is 39.2 Å². The maximum Gasteiger partial charge on any atom is 0.308 e. The Hall–Kier alpha value is -7.43. The summed E-state index contributed by atoms with van der Waals surface area (Å²) in [5.41, 5.74) is 10.1. The summed E-state index contributed by atoms with van der Waals surface area (Å²) in [7, 11) is 0. The largest absolute Gasteiger partial charge is 0.475 e. The van der Waals surface area contributed by atoms with Crippen LogP contribution in [0.25, 0.3) is 22.0 Å². The molecule has 418 valence electrons. The molecule has 2 aliphatic heterocycles. The van der Waals surface area contributed by atoms with E-state index >= 15 is 4.39 Å². The zero-order valence-corrected chi connectivity index (χ0v) is 47.2. The molecule has 0 bridgehead atoms. The minimum Gasteiger partial charge on any atom is -0.475 e. The Morgan fingerprint density at radius 2 is 1.87 bits per heavy atom. The number of nitrogens with one attached hydrogen (secondary N) is 1. The SMILES string of the molecule is CC(=O)Oc1c([C@H](C)NC(=O)[C@@H]2C[C@@H](OC(C)=O)CN2C(=O)[C@H](C(C)C)n2cc(OCCCCN3CCCN(c4nccc(-c5noc([C@@]6(C)CCCc7sc(N)c(C#N)c76)n5)n4)[C@@H](C)C3)nn2)ccc(-c2scnc2C)c1F. The van der Waals surface area contributed by atoms with Crippen LogP contribution in [0.1, 0.15) is 132 Å². The van der Waals surface area contributed by atoms with Crippen LogP contribution in [0, 0.1) is 30.0 Å². The zero-order chi connectivity index (χ0) is 56.3. The first-order chi connectivity index (χ1) is 37.8. The second-order valence-corrected chi connectivity index (χ2v) is 23.0. The van der Waals surface area contributed by atoms with Gasteiger partial charge in [-0.1, -0.05) is 35.4 Å². The van der Waals surface area contributed by atoms with Gasteiger partial charge in [-0.15, -0.1) is 22.7 Å². The average molecular weight is 1120 g/mol. The number of thiophene rings is 1. The second kappa shape index (κ2) is 23.9. The third-order valence-electron chi connectivity index (χ3n) is 14.9. The fourth-order valence-electron chi connectivity index (χ4n) is 11.1. The highest BCUT2D eigenvalue weighted by Gasteiger charge is 2.46. The highest BCUT2D eigenvalue weighted by molar-refractivity contribution is 7.16. The monoisotopic (exact) mass is 1120 g/mol. The fourth-order valence-corrected chi connectivity index (χ4v) is 13.1. The number of rotatable bonds is 18. The summed E-state index contributed by atoms with van der Waals surface area (Å²) in [6.45, 7) is 17.3. The number of likely N-dealkylation sites (tertiary alicyclic amines) is 1. The fraction of sp³-hybridized carbons (Fsp3) is 0.519. The number of nitrogen functional groups attached to an aromatic ring is 1. The van der Waals surface area contributed by atoms with Crippen LogP contribution >= 0.6 is 22.7 Å². The minimum atomic E-state index is -1.08. The van der Waals surface area contributed by atoms with Crippen molar-refractivity contribution in [2.24, 2.45) is 5.92 Å². The highest BCUT2D eigenvalue weighted by atomic mass is 32.1. The molecule has 0 radical (unpaired) electrons. The maximum absolute atomic E-state index is 16.1. The van der Waals surface area contributed by atoms with E-state index in [-0.39, 0.29) is 47.7 Å². The number of hydrogen-bond donors (Lipinski definition) is 2. The Kier molecular flexibility index (Phi) is 17.0. The van der Waals surface area contributed by atoms with Gasteiger partial charge < -0.3 is 44.5 Å². The van der Waals surface area contributed by atoms with Gasteiger partial charge in [0.25, 0.3) is 5.88 Å². The number of aryl methyl sites for hydroxylation is 2. The normalized spacial score (nSPS) is 20.3. The van der Waals surface area contributed by atoms with Crippen LogP contribution in [-0.4, -0.2) is 131 Å². The van der Waals surface area contributed by atoms with E-state index in [2.05, 4.69) is 53.5 Å². The first-order valence-corrected chi connectivity index (χ1v) is 28.3. The van der Waals surface area contributed by atoms with Crippen molar-refractivity contribution in [2.45, 2.75) is 136 Å². The molecule has 3 N–H and O–H groups in total. The van der Waals surface area contributed by atoms with E-state index < -0.39 is 59.2 Å². The molecule has 5 aromatic heterocycles. The number of aromatic nitrogens is 8. The molecule has 6 aromatic rings. The van der Waals surface area contributed by atoms with E-state index in [1.807, 2.05) is 20.8 Å². The molecular weight excluding hydrogens is 1060 g/mol. The number of unbranched alkanes of at least 4 members (excludes halogenated alkanes) is 1. The van der Waals surface area contributed by atoms with E-state index in [0.717, 1.165) is 82.1 Å². The number of thiazole rings is 1. The van der Waals surface area contributed by atoms with E-state index in [1.54, 1.807) is 50.0 Å². The summed E-state index contributed by atoms with van der Waals surface area (Å²) >= 11 is 2.70. The van der Waals surface area contributed by atoms with Gasteiger partial charge in [0, 0.05) is 67.2 Å². The number of benzene rings is 1. The van der Waals surface area contributed by atoms with E-state index in [4.69, 9.17) is 34.4 Å². The van der Waals surface area contributed by atoms with Crippen LogP contribution in [0.4, 0.5) is 15.3 Å². The summed E-state index contributed by atoms with van der Waals surface area (Å²) in [4.78, 5) is 79.5. The van der Waals surface area contributed by atoms with Crippen LogP contribution < -0.4 is 25.4 Å².